The third-order valence-corrected chi connectivity index (χ3v) is 28.0. The van der Waals surface area contributed by atoms with Crippen LogP contribution in [0.5, 0.6) is 46.0 Å². The van der Waals surface area contributed by atoms with E-state index in [2.05, 4.69) is 225 Å². The summed E-state index contributed by atoms with van der Waals surface area (Å²) in [6.45, 7) is 37.7. The van der Waals surface area contributed by atoms with E-state index in [1.165, 1.54) is 219 Å². The Hall–Kier alpha value is -7.34. The van der Waals surface area contributed by atoms with Crippen LogP contribution >= 0.6 is 55.4 Å². The molecule has 0 aromatic heterocycles. The summed E-state index contributed by atoms with van der Waals surface area (Å²) in [7, 11) is 17.2. The topological polar surface area (TPSA) is 73.8 Å². The number of hydrogen-bond donors (Lipinski definition) is 0. The zero-order valence-corrected chi connectivity index (χ0v) is 90.4. The quantitative estimate of drug-likeness (QED) is 0.125. The van der Waals surface area contributed by atoms with Gasteiger partial charge in [0.2, 0.25) is 0 Å². The lowest BCUT2D eigenvalue weighted by Gasteiger charge is -2.29. The maximum atomic E-state index is 6.55. The van der Waals surface area contributed by atoms with E-state index in [-0.39, 0.29) is 0 Å². The van der Waals surface area contributed by atoms with E-state index in [1.807, 2.05) is 111 Å². The number of aryl methyl sites for hydroxylation is 2. The Morgan fingerprint density at radius 3 is 0.818 bits per heavy atom. The summed E-state index contributed by atoms with van der Waals surface area (Å²) in [6.07, 6.45) is 32.3. The van der Waals surface area contributed by atoms with Crippen molar-refractivity contribution in [2.24, 2.45) is 11.8 Å². The molecule has 0 fully saturated rings. The molecule has 0 radical (unpaired) electrons. The van der Waals surface area contributed by atoms with Gasteiger partial charge in [-0.25, -0.2) is 0 Å². The second-order valence-corrected chi connectivity index (χ2v) is 35.5. The van der Waals surface area contributed by atoms with Gasteiger partial charge < -0.3 is 37.9 Å². The molecule has 0 bridgehead atoms. The van der Waals surface area contributed by atoms with Gasteiger partial charge in [0.25, 0.3) is 0 Å². The van der Waals surface area contributed by atoms with Gasteiger partial charge in [-0.1, -0.05) is 232 Å². The first-order valence-electron chi connectivity index (χ1n) is 51.3. The summed E-state index contributed by atoms with van der Waals surface area (Å²) >= 11 is 0. The van der Waals surface area contributed by atoms with Crippen LogP contribution < -0.4 is 37.9 Å². The summed E-state index contributed by atoms with van der Waals surface area (Å²) in [5.74, 6) is 9.01. The Bertz CT molecular complexity index is 5230. The molecular weight excluding hydrogens is 1730 g/mol. The highest BCUT2D eigenvalue weighted by Gasteiger charge is 2.33. The molecule has 20 rings (SSSR count). The van der Waals surface area contributed by atoms with Gasteiger partial charge in [0.1, 0.15) is 46.0 Å². The van der Waals surface area contributed by atoms with Gasteiger partial charge in [-0.3, -0.25) is 0 Å². The van der Waals surface area contributed by atoms with Gasteiger partial charge in [0.05, 0.1) is 52.9 Å². The fourth-order valence-electron chi connectivity index (χ4n) is 19.6. The summed E-state index contributed by atoms with van der Waals surface area (Å²) < 4.78 is 51.5. The third kappa shape index (κ3) is 25.9. The van der Waals surface area contributed by atoms with Crippen molar-refractivity contribution in [2.45, 2.75) is 277 Å². The van der Waals surface area contributed by atoms with Crippen LogP contribution in [0.4, 0.5) is 0 Å². The minimum Gasteiger partial charge on any atom is -0.493 e. The Kier molecular flexibility index (Phi) is 47.8. The molecule has 0 saturated carbocycles. The summed E-state index contributed by atoms with van der Waals surface area (Å²) in [5, 5.41) is 9.82. The molecule has 4 aliphatic carbocycles. The first-order chi connectivity index (χ1) is 65.3. The molecule has 12 aromatic carbocycles. The SMILES string of the molecule is CC.CC.CC.CC.CC.CC.CC.CC.PCCCC1COc2ccc3c(c2-c2c(ccc4c2CCCC4)OC1)CCCC3.PCCCC1COc2ccc3ccccc3c2-c2c(ccc3ccccc23)OC1.PCc1cc2c(c3c1CCCC3)-c1c(cc(CP)c3c1CCCC3)OCCCO2.PCc1cc2c(c3ccccc13)-c1c(cc(CP)c3ccccc13)OCCCO2. The van der Waals surface area contributed by atoms with E-state index in [9.17, 15) is 0 Å². The second kappa shape index (κ2) is 58.3. The van der Waals surface area contributed by atoms with E-state index in [0.29, 0.717) is 38.3 Å². The van der Waals surface area contributed by atoms with Crippen molar-refractivity contribution in [2.75, 3.05) is 65.2 Å². The van der Waals surface area contributed by atoms with Crippen LogP contribution in [-0.4, -0.2) is 65.2 Å². The van der Waals surface area contributed by atoms with Crippen LogP contribution in [0.15, 0.2) is 170 Å². The van der Waals surface area contributed by atoms with Gasteiger partial charge in [0, 0.05) is 69.2 Å². The van der Waals surface area contributed by atoms with Crippen LogP contribution in [-0.2, 0) is 76.0 Å². The highest BCUT2D eigenvalue weighted by atomic mass is 31.0. The number of rotatable bonds is 10. The third-order valence-electron chi connectivity index (χ3n) is 25.4. The van der Waals surface area contributed by atoms with Crippen molar-refractivity contribution in [1.29, 1.82) is 0 Å². The molecule has 0 spiro atoms. The summed E-state index contributed by atoms with van der Waals surface area (Å²) in [6, 6.07) is 61.2. The minimum atomic E-state index is 0.382. The minimum absolute atomic E-state index is 0.382. The number of benzene rings is 12. The van der Waals surface area contributed by atoms with Gasteiger partial charge in [-0.2, -0.15) is 0 Å². The van der Waals surface area contributed by atoms with Crippen LogP contribution in [0.1, 0.15) is 267 Å². The van der Waals surface area contributed by atoms with E-state index >= 15 is 0 Å². The summed E-state index contributed by atoms with van der Waals surface area (Å²) in [4.78, 5) is 0. The van der Waals surface area contributed by atoms with Crippen LogP contribution in [0, 0.1) is 11.8 Å². The van der Waals surface area contributed by atoms with Crippen molar-refractivity contribution in [1.82, 2.24) is 0 Å². The summed E-state index contributed by atoms with van der Waals surface area (Å²) in [5.41, 5.74) is 27.9. The molecule has 0 saturated heterocycles. The highest BCUT2D eigenvalue weighted by Crippen LogP contribution is 2.54. The first-order valence-corrected chi connectivity index (χ1v) is 56.2. The lowest BCUT2D eigenvalue weighted by molar-refractivity contribution is 0.172. The molecule has 8 aliphatic rings. The fraction of sp³-hybridized carbons (Fsp3) is 0.458. The van der Waals surface area contributed by atoms with Gasteiger partial charge in [-0.05, 0) is 324 Å². The van der Waals surface area contributed by atoms with Crippen molar-refractivity contribution < 1.29 is 37.9 Å². The molecule has 14 heteroatoms. The molecule has 0 N–H and O–H groups in total. The van der Waals surface area contributed by atoms with E-state index < -0.39 is 0 Å². The Balaban J connectivity index is 0.000000188. The molecule has 0 amide bonds. The smallest absolute Gasteiger partial charge is 0.128 e. The Labute approximate surface area is 811 Å². The van der Waals surface area contributed by atoms with E-state index in [4.69, 9.17) is 37.9 Å². The van der Waals surface area contributed by atoms with Crippen LogP contribution in [0.3, 0.4) is 0 Å². The van der Waals surface area contributed by atoms with Crippen molar-refractivity contribution >= 4 is 98.5 Å². The molecule has 4 aliphatic heterocycles. The fourth-order valence-corrected chi connectivity index (χ4v) is 21.5. The highest BCUT2D eigenvalue weighted by molar-refractivity contribution is 7.16. The number of hydrogen-bond acceptors (Lipinski definition) is 8. The number of fused-ring (bicyclic) bond motifs is 28. The molecule has 712 valence electrons. The average molecular weight is 1890 g/mol. The van der Waals surface area contributed by atoms with E-state index in [1.54, 1.807) is 22.3 Å². The average Bonchev–Trinajstić information content (AvgIpc) is 0.990. The first kappa shape index (κ1) is 108. The van der Waals surface area contributed by atoms with Crippen molar-refractivity contribution in [3.63, 3.8) is 0 Å². The lowest BCUT2D eigenvalue weighted by Crippen LogP contribution is -2.19. The maximum absolute atomic E-state index is 6.55. The maximum Gasteiger partial charge on any atom is 0.128 e. The molecule has 12 aromatic rings. The molecular formula is C118H162O8P6. The van der Waals surface area contributed by atoms with Crippen LogP contribution in [0.25, 0.3) is 87.6 Å². The zero-order chi connectivity index (χ0) is 94.9. The normalized spacial score (nSPS) is 14.5. The molecule has 132 heavy (non-hydrogen) atoms. The van der Waals surface area contributed by atoms with Crippen molar-refractivity contribution in [3.8, 4) is 90.5 Å². The lowest BCUT2D eigenvalue weighted by atomic mass is 9.78. The standard InChI is InChI=1S/C26H33O2P.C26H25O2P.C25H32O2P2.C25H24O2P2.8C2H6/c2*29-15-5-6-18-16-27-23-13-11-19-7-1-3-9-21(19)25(23)26-22-10-4-2-8-20(22)12-14-24(26)28-17-18;2*28-14-16-12-22-24(20-8-3-1-6-18(16)20)25-21-9-4-2-7-19(21)17(15-29)13-23(25)27-11-5-10-26-22;8*1-2/h11-14,18H,1-10,15-17,29H2;1-4,7-14,18H,5-6,15-17,29H2;12-13H,1-11,14-15,28-29H2;1-4,6-9,12-13H,5,10-11,14-15,28-29H2;8*1-2H3. The zero-order valence-electron chi connectivity index (χ0n) is 83.5. The second-order valence-electron chi connectivity index (χ2n) is 32.7. The predicted octanol–water partition coefficient (Wildman–Crippen LogP) is 33.7. The molecule has 8 nitrogen and oxygen atoms in total. The Morgan fingerprint density at radius 1 is 0.227 bits per heavy atom. The van der Waals surface area contributed by atoms with Gasteiger partial charge >= 0.3 is 0 Å². The van der Waals surface area contributed by atoms with Crippen LogP contribution in [0.2, 0.25) is 0 Å². The number of ether oxygens (including phenoxy) is 8. The molecule has 6 unspecified atom stereocenters. The molecule has 4 heterocycles. The predicted molar refractivity (Wildman–Crippen MR) is 596 cm³/mol. The largest absolute Gasteiger partial charge is 0.493 e. The Morgan fingerprint density at radius 2 is 0.485 bits per heavy atom. The molecule has 6 atom stereocenters. The monoisotopic (exact) mass is 1890 g/mol. The van der Waals surface area contributed by atoms with Gasteiger partial charge in [-0.15, -0.1) is 55.4 Å². The van der Waals surface area contributed by atoms with Crippen molar-refractivity contribution in [3.05, 3.63) is 237 Å². The van der Waals surface area contributed by atoms with E-state index in [0.717, 1.165) is 164 Å². The van der Waals surface area contributed by atoms with Gasteiger partial charge in [0.15, 0.2) is 0 Å².